The van der Waals surface area contributed by atoms with Crippen LogP contribution in [0.25, 0.3) is 0 Å². The van der Waals surface area contributed by atoms with Gasteiger partial charge < -0.3 is 29.0 Å². The molecule has 0 bridgehead atoms. The smallest absolute Gasteiger partial charge is 0.328 e. The molecule has 8 nitrogen and oxygen atoms in total. The number of nitrogens with one attached hydrogen (secondary N) is 1. The van der Waals surface area contributed by atoms with Crippen LogP contribution in [0.5, 0.6) is 23.0 Å². The zero-order valence-corrected chi connectivity index (χ0v) is 17.2. The Hall–Kier alpha value is -3.49. The molecule has 0 aliphatic carbocycles. The van der Waals surface area contributed by atoms with Gasteiger partial charge in [-0.1, -0.05) is 0 Å². The van der Waals surface area contributed by atoms with E-state index in [0.29, 0.717) is 23.0 Å². The van der Waals surface area contributed by atoms with Crippen molar-refractivity contribution in [3.63, 3.8) is 0 Å². The van der Waals surface area contributed by atoms with Gasteiger partial charge in [0.2, 0.25) is 5.75 Å². The van der Waals surface area contributed by atoms with E-state index in [4.69, 9.17) is 23.7 Å². The van der Waals surface area contributed by atoms with E-state index in [2.05, 4.69) is 5.32 Å². The molecule has 0 saturated carbocycles. The molecule has 162 valence electrons. The number of benzene rings is 2. The summed E-state index contributed by atoms with van der Waals surface area (Å²) in [6.45, 7) is 1.56. The van der Waals surface area contributed by atoms with Gasteiger partial charge in [-0.3, -0.25) is 4.79 Å². The van der Waals surface area contributed by atoms with E-state index in [0.717, 1.165) is 0 Å². The molecule has 2 rings (SSSR count). The summed E-state index contributed by atoms with van der Waals surface area (Å²) in [5.41, 5.74) is 0.226. The van der Waals surface area contributed by atoms with Gasteiger partial charge >= 0.3 is 5.97 Å². The van der Waals surface area contributed by atoms with Crippen LogP contribution in [-0.4, -0.2) is 52.5 Å². The standard InChI is InChI=1S/C21H24FNO7/c1-13(21(25)30-10-9-29-16-7-5-15(22)6-8-16)23-20(24)14-11-17(26-2)19(28-4)18(12-14)27-3/h5-8,11-13H,9-10H2,1-4H3,(H,23,24)/t13-/m0/s1. The highest BCUT2D eigenvalue weighted by Gasteiger charge is 2.21. The summed E-state index contributed by atoms with van der Waals surface area (Å²) in [7, 11) is 4.33. The Kier molecular flexibility index (Phi) is 8.28. The molecule has 30 heavy (non-hydrogen) atoms. The fourth-order valence-electron chi connectivity index (χ4n) is 2.51. The summed E-state index contributed by atoms with van der Waals surface area (Å²) in [5.74, 6) is -0.0723. The van der Waals surface area contributed by atoms with E-state index in [1.807, 2.05) is 0 Å². The van der Waals surface area contributed by atoms with Crippen molar-refractivity contribution in [2.45, 2.75) is 13.0 Å². The number of ether oxygens (including phenoxy) is 5. The minimum Gasteiger partial charge on any atom is -0.493 e. The van der Waals surface area contributed by atoms with E-state index in [9.17, 15) is 14.0 Å². The largest absolute Gasteiger partial charge is 0.493 e. The molecule has 0 fully saturated rings. The fraction of sp³-hybridized carbons (Fsp3) is 0.333. The lowest BCUT2D eigenvalue weighted by Gasteiger charge is -2.16. The normalized spacial score (nSPS) is 11.2. The number of hydrogen-bond donors (Lipinski definition) is 1. The number of amides is 1. The second kappa shape index (κ2) is 10.9. The Balaban J connectivity index is 1.88. The first-order valence-corrected chi connectivity index (χ1v) is 9.05. The molecule has 0 unspecified atom stereocenters. The molecule has 2 aromatic carbocycles. The summed E-state index contributed by atoms with van der Waals surface area (Å²) in [6, 6.07) is 7.53. The molecule has 0 spiro atoms. The molecule has 0 heterocycles. The summed E-state index contributed by atoms with van der Waals surface area (Å²) in [6.07, 6.45) is 0. The molecule has 9 heteroatoms. The predicted octanol–water partition coefficient (Wildman–Crippen LogP) is 2.59. The van der Waals surface area contributed by atoms with Crippen molar-refractivity contribution in [2.24, 2.45) is 0 Å². The van der Waals surface area contributed by atoms with Gasteiger partial charge in [0, 0.05) is 5.56 Å². The van der Waals surface area contributed by atoms with E-state index in [-0.39, 0.29) is 24.6 Å². The lowest BCUT2D eigenvalue weighted by Crippen LogP contribution is -2.40. The molecular weight excluding hydrogens is 397 g/mol. The number of hydrogen-bond acceptors (Lipinski definition) is 7. The second-order valence-electron chi connectivity index (χ2n) is 6.08. The van der Waals surface area contributed by atoms with Gasteiger partial charge in [-0.25, -0.2) is 9.18 Å². The summed E-state index contributed by atoms with van der Waals surface area (Å²) >= 11 is 0. The van der Waals surface area contributed by atoms with E-state index < -0.39 is 17.9 Å². The highest BCUT2D eigenvalue weighted by molar-refractivity contribution is 5.97. The number of halogens is 1. The summed E-state index contributed by atoms with van der Waals surface area (Å²) < 4.78 is 38.9. The topological polar surface area (TPSA) is 92.3 Å². The average molecular weight is 421 g/mol. The monoisotopic (exact) mass is 421 g/mol. The molecular formula is C21H24FNO7. The number of methoxy groups -OCH3 is 3. The van der Waals surface area contributed by atoms with Gasteiger partial charge in [-0.05, 0) is 43.3 Å². The van der Waals surface area contributed by atoms with Gasteiger partial charge in [0.25, 0.3) is 5.91 Å². The Morgan fingerprint density at radius 1 is 0.967 bits per heavy atom. The number of rotatable bonds is 10. The average Bonchev–Trinajstić information content (AvgIpc) is 2.76. The maximum absolute atomic E-state index is 12.8. The van der Waals surface area contributed by atoms with Crippen LogP contribution in [0.4, 0.5) is 4.39 Å². The van der Waals surface area contributed by atoms with Crippen LogP contribution in [0.1, 0.15) is 17.3 Å². The lowest BCUT2D eigenvalue weighted by molar-refractivity contribution is -0.146. The first-order chi connectivity index (χ1) is 14.4. The van der Waals surface area contributed by atoms with Crippen molar-refractivity contribution in [1.82, 2.24) is 5.32 Å². The van der Waals surface area contributed by atoms with E-state index >= 15 is 0 Å². The van der Waals surface area contributed by atoms with Crippen molar-refractivity contribution in [3.05, 3.63) is 47.8 Å². The maximum Gasteiger partial charge on any atom is 0.328 e. The first kappa shape index (κ1) is 22.8. The van der Waals surface area contributed by atoms with Crippen LogP contribution in [0.15, 0.2) is 36.4 Å². The van der Waals surface area contributed by atoms with Crippen LogP contribution in [0, 0.1) is 5.82 Å². The third-order valence-corrected chi connectivity index (χ3v) is 4.04. The van der Waals surface area contributed by atoms with Crippen molar-refractivity contribution in [1.29, 1.82) is 0 Å². The van der Waals surface area contributed by atoms with E-state index in [1.54, 1.807) is 0 Å². The van der Waals surface area contributed by atoms with Gasteiger partial charge in [0.05, 0.1) is 21.3 Å². The van der Waals surface area contributed by atoms with Crippen LogP contribution >= 0.6 is 0 Å². The van der Waals surface area contributed by atoms with Crippen molar-refractivity contribution in [2.75, 3.05) is 34.5 Å². The lowest BCUT2D eigenvalue weighted by atomic mass is 10.1. The molecule has 0 saturated heterocycles. The highest BCUT2D eigenvalue weighted by atomic mass is 19.1. The Bertz CT molecular complexity index is 845. The summed E-state index contributed by atoms with van der Waals surface area (Å²) in [5, 5.41) is 2.55. The van der Waals surface area contributed by atoms with Crippen molar-refractivity contribution in [3.8, 4) is 23.0 Å². The molecule has 1 atom stereocenters. The fourth-order valence-corrected chi connectivity index (χ4v) is 2.51. The molecule has 2 aromatic rings. The van der Waals surface area contributed by atoms with Crippen LogP contribution in [0.2, 0.25) is 0 Å². The molecule has 0 aromatic heterocycles. The van der Waals surface area contributed by atoms with Crippen molar-refractivity contribution >= 4 is 11.9 Å². The third-order valence-electron chi connectivity index (χ3n) is 4.04. The Labute approximate surface area is 173 Å². The van der Waals surface area contributed by atoms with Gasteiger partial charge in [0.15, 0.2) is 11.5 Å². The number of carbonyl (C=O) groups is 2. The van der Waals surface area contributed by atoms with Crippen LogP contribution in [-0.2, 0) is 9.53 Å². The molecule has 0 aliphatic rings. The Morgan fingerprint density at radius 2 is 1.57 bits per heavy atom. The zero-order chi connectivity index (χ0) is 22.1. The quantitative estimate of drug-likeness (QED) is 0.466. The second-order valence-corrected chi connectivity index (χ2v) is 6.08. The molecule has 0 aliphatic heterocycles. The molecule has 1 N–H and O–H groups in total. The zero-order valence-electron chi connectivity index (χ0n) is 17.2. The van der Waals surface area contributed by atoms with Gasteiger partial charge in [-0.15, -0.1) is 0 Å². The maximum atomic E-state index is 12.8. The minimum absolute atomic E-state index is 0.0272. The van der Waals surface area contributed by atoms with E-state index in [1.165, 1.54) is 64.7 Å². The molecule has 1 amide bonds. The number of esters is 1. The summed E-state index contributed by atoms with van der Waals surface area (Å²) in [4.78, 5) is 24.6. The van der Waals surface area contributed by atoms with Crippen molar-refractivity contribution < 1.29 is 37.7 Å². The van der Waals surface area contributed by atoms with Gasteiger partial charge in [0.1, 0.15) is 30.8 Å². The van der Waals surface area contributed by atoms with Crippen LogP contribution < -0.4 is 24.3 Å². The Morgan fingerprint density at radius 3 is 2.10 bits per heavy atom. The molecule has 0 radical (unpaired) electrons. The highest BCUT2D eigenvalue weighted by Crippen LogP contribution is 2.38. The first-order valence-electron chi connectivity index (χ1n) is 9.05. The SMILES string of the molecule is COc1cc(C(=O)N[C@@H](C)C(=O)OCCOc2ccc(F)cc2)cc(OC)c1OC. The van der Waals surface area contributed by atoms with Gasteiger partial charge in [-0.2, -0.15) is 0 Å². The predicted molar refractivity (Wildman–Crippen MR) is 106 cm³/mol. The third kappa shape index (κ3) is 6.00. The minimum atomic E-state index is -0.901. The van der Waals surface area contributed by atoms with Crippen LogP contribution in [0.3, 0.4) is 0 Å². The number of carbonyl (C=O) groups excluding carboxylic acids is 2.